The van der Waals surface area contributed by atoms with Crippen LogP contribution in [0.5, 0.6) is 0 Å². The zero-order chi connectivity index (χ0) is 19.3. The van der Waals surface area contributed by atoms with Gasteiger partial charge in [-0.2, -0.15) is 0 Å². The van der Waals surface area contributed by atoms with Crippen molar-refractivity contribution in [3.8, 4) is 0 Å². The predicted octanol–water partition coefficient (Wildman–Crippen LogP) is 5.29. The maximum Gasteiger partial charge on any atom is 0.412 e. The molecule has 0 aliphatic heterocycles. The van der Waals surface area contributed by atoms with Gasteiger partial charge in [0.25, 0.3) is 5.91 Å². The molecular formula is C20H23BrN2O3. The predicted molar refractivity (Wildman–Crippen MR) is 106 cm³/mol. The smallest absolute Gasteiger partial charge is 0.412 e. The fourth-order valence-corrected chi connectivity index (χ4v) is 2.68. The number of hydrogen-bond acceptors (Lipinski definition) is 3. The number of carbonyl (C=O) groups is 2. The first-order valence-corrected chi connectivity index (χ1v) is 9.10. The summed E-state index contributed by atoms with van der Waals surface area (Å²) in [5.41, 5.74) is 1.53. The first kappa shape index (κ1) is 20.0. The van der Waals surface area contributed by atoms with E-state index < -0.39 is 11.7 Å². The summed E-state index contributed by atoms with van der Waals surface area (Å²) >= 11 is 3.43. The topological polar surface area (TPSA) is 67.4 Å². The number of hydrogen-bond donors (Lipinski definition) is 2. The summed E-state index contributed by atoms with van der Waals surface area (Å²) in [5, 5.41) is 5.60. The van der Waals surface area contributed by atoms with Gasteiger partial charge >= 0.3 is 6.09 Å². The first-order valence-electron chi connectivity index (χ1n) is 8.30. The Morgan fingerprint density at radius 3 is 2.31 bits per heavy atom. The number of amides is 2. The van der Waals surface area contributed by atoms with Gasteiger partial charge in [-0.05, 0) is 69.7 Å². The van der Waals surface area contributed by atoms with Crippen molar-refractivity contribution in [3.63, 3.8) is 0 Å². The number of ether oxygens (including phenoxy) is 1. The molecular weight excluding hydrogens is 396 g/mol. The maximum atomic E-state index is 12.4. The molecule has 2 aromatic carbocycles. The van der Waals surface area contributed by atoms with Crippen LogP contribution in [0.1, 0.15) is 49.7 Å². The van der Waals surface area contributed by atoms with Crippen molar-refractivity contribution >= 4 is 33.6 Å². The third kappa shape index (κ3) is 6.19. The molecule has 138 valence electrons. The van der Waals surface area contributed by atoms with Crippen molar-refractivity contribution in [3.05, 3.63) is 64.1 Å². The molecule has 2 rings (SSSR count). The van der Waals surface area contributed by atoms with Gasteiger partial charge in [0.1, 0.15) is 5.60 Å². The Morgan fingerprint density at radius 1 is 1.08 bits per heavy atom. The van der Waals surface area contributed by atoms with Gasteiger partial charge in [-0.3, -0.25) is 10.1 Å². The van der Waals surface area contributed by atoms with Crippen LogP contribution in [0.3, 0.4) is 0 Å². The highest BCUT2D eigenvalue weighted by Crippen LogP contribution is 2.19. The van der Waals surface area contributed by atoms with E-state index in [0.717, 1.165) is 10.0 Å². The zero-order valence-electron chi connectivity index (χ0n) is 15.3. The minimum absolute atomic E-state index is 0.125. The highest BCUT2D eigenvalue weighted by molar-refractivity contribution is 9.10. The van der Waals surface area contributed by atoms with E-state index in [-0.39, 0.29) is 11.9 Å². The van der Waals surface area contributed by atoms with Gasteiger partial charge in [0.15, 0.2) is 0 Å². The summed E-state index contributed by atoms with van der Waals surface area (Å²) in [7, 11) is 0. The molecule has 26 heavy (non-hydrogen) atoms. The number of benzene rings is 2. The Hall–Kier alpha value is -2.34. The van der Waals surface area contributed by atoms with Crippen LogP contribution in [0, 0.1) is 0 Å². The monoisotopic (exact) mass is 418 g/mol. The van der Waals surface area contributed by atoms with Crippen molar-refractivity contribution < 1.29 is 14.3 Å². The molecule has 6 heteroatoms. The number of anilines is 1. The molecule has 2 amide bonds. The summed E-state index contributed by atoms with van der Waals surface area (Å²) in [6.07, 6.45) is -0.530. The molecule has 0 saturated heterocycles. The lowest BCUT2D eigenvalue weighted by molar-refractivity contribution is 0.0635. The summed E-state index contributed by atoms with van der Waals surface area (Å²) < 4.78 is 6.16. The van der Waals surface area contributed by atoms with Crippen molar-refractivity contribution in [2.75, 3.05) is 5.32 Å². The van der Waals surface area contributed by atoms with Gasteiger partial charge in [0.05, 0.1) is 6.04 Å². The number of carbonyl (C=O) groups excluding carboxylic acids is 2. The van der Waals surface area contributed by atoms with Crippen LogP contribution in [-0.4, -0.2) is 17.6 Å². The molecule has 0 aliphatic carbocycles. The quantitative estimate of drug-likeness (QED) is 0.708. The lowest BCUT2D eigenvalue weighted by Gasteiger charge is -2.19. The minimum atomic E-state index is -0.563. The maximum absolute atomic E-state index is 12.4. The second-order valence-electron chi connectivity index (χ2n) is 6.95. The molecule has 0 bridgehead atoms. The van der Waals surface area contributed by atoms with Crippen molar-refractivity contribution in [2.24, 2.45) is 0 Å². The largest absolute Gasteiger partial charge is 0.444 e. The van der Waals surface area contributed by atoms with Gasteiger partial charge < -0.3 is 10.1 Å². The molecule has 1 unspecified atom stereocenters. The zero-order valence-corrected chi connectivity index (χ0v) is 16.9. The highest BCUT2D eigenvalue weighted by Gasteiger charge is 2.16. The van der Waals surface area contributed by atoms with Gasteiger partial charge in [0, 0.05) is 15.7 Å². The van der Waals surface area contributed by atoms with Gasteiger partial charge in [-0.1, -0.05) is 28.1 Å². The molecule has 0 fully saturated rings. The Morgan fingerprint density at radius 2 is 1.73 bits per heavy atom. The van der Waals surface area contributed by atoms with E-state index in [9.17, 15) is 9.59 Å². The average molecular weight is 419 g/mol. The number of nitrogens with one attached hydrogen (secondary N) is 2. The van der Waals surface area contributed by atoms with Gasteiger partial charge in [-0.25, -0.2) is 4.79 Å². The van der Waals surface area contributed by atoms with E-state index in [1.807, 2.05) is 31.2 Å². The Balaban J connectivity index is 1.97. The van der Waals surface area contributed by atoms with E-state index in [0.29, 0.717) is 11.3 Å². The van der Waals surface area contributed by atoms with Crippen LogP contribution in [0.2, 0.25) is 0 Å². The molecule has 0 aromatic heterocycles. The molecule has 0 spiro atoms. The molecule has 2 N–H and O–H groups in total. The second kappa shape index (κ2) is 8.36. The highest BCUT2D eigenvalue weighted by atomic mass is 79.9. The van der Waals surface area contributed by atoms with Gasteiger partial charge in [0.2, 0.25) is 0 Å². The lowest BCUT2D eigenvalue weighted by atomic mass is 10.1. The molecule has 0 radical (unpaired) electrons. The molecule has 0 heterocycles. The Labute approximate surface area is 162 Å². The van der Waals surface area contributed by atoms with Crippen molar-refractivity contribution in [1.29, 1.82) is 0 Å². The van der Waals surface area contributed by atoms with E-state index in [1.165, 1.54) is 0 Å². The third-order valence-corrected chi connectivity index (χ3v) is 3.98. The molecule has 5 nitrogen and oxygen atoms in total. The Kier molecular flexibility index (Phi) is 6.42. The normalized spacial score (nSPS) is 12.2. The lowest BCUT2D eigenvalue weighted by Crippen LogP contribution is -2.27. The standard InChI is InChI=1S/C20H23BrN2O3/c1-13(15-6-5-7-16(21)12-15)22-18(24)14-8-10-17(11-9-14)23-19(25)26-20(2,3)4/h5-13H,1-4H3,(H,22,24)(H,23,25). The average Bonchev–Trinajstić information content (AvgIpc) is 2.53. The molecule has 1 atom stereocenters. The fraction of sp³-hybridized carbons (Fsp3) is 0.300. The molecule has 0 saturated carbocycles. The van der Waals surface area contributed by atoms with Gasteiger partial charge in [-0.15, -0.1) is 0 Å². The van der Waals surface area contributed by atoms with Crippen LogP contribution in [0.4, 0.5) is 10.5 Å². The summed E-state index contributed by atoms with van der Waals surface area (Å²) in [6, 6.07) is 14.3. The number of halogens is 1. The van der Waals surface area contributed by atoms with Crippen LogP contribution in [0.15, 0.2) is 53.0 Å². The summed E-state index contributed by atoms with van der Waals surface area (Å²) in [5.74, 6) is -0.179. The second-order valence-corrected chi connectivity index (χ2v) is 7.87. The van der Waals surface area contributed by atoms with Crippen LogP contribution in [0.25, 0.3) is 0 Å². The Bertz CT molecular complexity index is 782. The van der Waals surface area contributed by atoms with Crippen LogP contribution < -0.4 is 10.6 Å². The van der Waals surface area contributed by atoms with E-state index in [4.69, 9.17) is 4.74 Å². The van der Waals surface area contributed by atoms with Crippen LogP contribution in [-0.2, 0) is 4.74 Å². The SMILES string of the molecule is CC(NC(=O)c1ccc(NC(=O)OC(C)(C)C)cc1)c1cccc(Br)c1. The fourth-order valence-electron chi connectivity index (χ4n) is 2.27. The minimum Gasteiger partial charge on any atom is -0.444 e. The third-order valence-electron chi connectivity index (χ3n) is 3.49. The number of rotatable bonds is 4. The van der Waals surface area contributed by atoms with E-state index in [1.54, 1.807) is 45.0 Å². The molecule has 2 aromatic rings. The van der Waals surface area contributed by atoms with Crippen LogP contribution >= 0.6 is 15.9 Å². The van der Waals surface area contributed by atoms with E-state index >= 15 is 0 Å². The van der Waals surface area contributed by atoms with Crippen molar-refractivity contribution in [1.82, 2.24) is 5.32 Å². The summed E-state index contributed by atoms with van der Waals surface area (Å²) in [4.78, 5) is 24.2. The first-order chi connectivity index (χ1) is 12.1. The van der Waals surface area contributed by atoms with E-state index in [2.05, 4.69) is 26.6 Å². The van der Waals surface area contributed by atoms with Crippen molar-refractivity contribution in [2.45, 2.75) is 39.3 Å². The molecule has 0 aliphatic rings. The summed E-state index contributed by atoms with van der Waals surface area (Å²) in [6.45, 7) is 7.32.